The van der Waals surface area contributed by atoms with Crippen LogP contribution in [0.3, 0.4) is 0 Å². The van der Waals surface area contributed by atoms with E-state index in [9.17, 15) is 0 Å². The topological polar surface area (TPSA) is 53.9 Å². The molecule has 1 saturated heterocycles. The van der Waals surface area contributed by atoms with Gasteiger partial charge in [0, 0.05) is 25.7 Å². The van der Waals surface area contributed by atoms with Crippen molar-refractivity contribution in [1.82, 2.24) is 20.4 Å². The Hall–Kier alpha value is -1.07. The summed E-state index contributed by atoms with van der Waals surface area (Å²) in [6, 6.07) is 2.60. The molecule has 0 saturated carbocycles. The number of anilines is 1. The SMILES string of the molecule is CCNCCCCCNc1ccnn1C1CNC1. The van der Waals surface area contributed by atoms with Crippen molar-refractivity contribution in [1.29, 1.82) is 0 Å². The first-order valence-corrected chi connectivity index (χ1v) is 7.10. The van der Waals surface area contributed by atoms with Gasteiger partial charge in [0.15, 0.2) is 0 Å². The molecule has 0 unspecified atom stereocenters. The van der Waals surface area contributed by atoms with Gasteiger partial charge in [0.05, 0.1) is 12.2 Å². The predicted molar refractivity (Wildman–Crippen MR) is 75.0 cm³/mol. The highest BCUT2D eigenvalue weighted by Crippen LogP contribution is 2.17. The molecule has 0 aromatic carbocycles. The maximum absolute atomic E-state index is 4.38. The number of hydrogen-bond donors (Lipinski definition) is 3. The zero-order valence-corrected chi connectivity index (χ0v) is 11.3. The van der Waals surface area contributed by atoms with E-state index in [0.29, 0.717) is 6.04 Å². The molecule has 0 atom stereocenters. The number of hydrogen-bond acceptors (Lipinski definition) is 4. The molecule has 3 N–H and O–H groups in total. The fraction of sp³-hybridized carbons (Fsp3) is 0.769. The van der Waals surface area contributed by atoms with Gasteiger partial charge in [-0.15, -0.1) is 0 Å². The van der Waals surface area contributed by atoms with Gasteiger partial charge in [-0.3, -0.25) is 0 Å². The fourth-order valence-electron chi connectivity index (χ4n) is 2.14. The monoisotopic (exact) mass is 251 g/mol. The van der Waals surface area contributed by atoms with Crippen LogP contribution in [0.5, 0.6) is 0 Å². The Morgan fingerprint density at radius 2 is 2.17 bits per heavy atom. The number of aromatic nitrogens is 2. The van der Waals surface area contributed by atoms with Crippen molar-refractivity contribution < 1.29 is 0 Å². The van der Waals surface area contributed by atoms with E-state index in [1.165, 1.54) is 19.3 Å². The van der Waals surface area contributed by atoms with Crippen LogP contribution in [-0.2, 0) is 0 Å². The van der Waals surface area contributed by atoms with Crippen molar-refractivity contribution >= 4 is 5.82 Å². The van der Waals surface area contributed by atoms with E-state index in [-0.39, 0.29) is 0 Å². The molecule has 0 bridgehead atoms. The minimum Gasteiger partial charge on any atom is -0.370 e. The molecule has 102 valence electrons. The van der Waals surface area contributed by atoms with E-state index in [0.717, 1.165) is 38.5 Å². The van der Waals surface area contributed by atoms with Crippen LogP contribution < -0.4 is 16.0 Å². The standard InChI is InChI=1S/C13H25N5/c1-2-14-7-4-3-5-8-16-13-6-9-17-18(13)12-10-15-11-12/h6,9,12,14-16H,2-5,7-8,10-11H2,1H3. The fourth-order valence-corrected chi connectivity index (χ4v) is 2.14. The van der Waals surface area contributed by atoms with Gasteiger partial charge in [0.25, 0.3) is 0 Å². The van der Waals surface area contributed by atoms with Crippen LogP contribution >= 0.6 is 0 Å². The molecule has 0 amide bonds. The van der Waals surface area contributed by atoms with E-state index >= 15 is 0 Å². The first-order valence-electron chi connectivity index (χ1n) is 7.10. The Bertz CT molecular complexity index is 332. The van der Waals surface area contributed by atoms with Crippen LogP contribution in [0, 0.1) is 0 Å². The van der Waals surface area contributed by atoms with Gasteiger partial charge in [-0.05, 0) is 25.9 Å². The summed E-state index contributed by atoms with van der Waals surface area (Å²) in [6.45, 7) is 7.49. The van der Waals surface area contributed by atoms with Crippen LogP contribution in [-0.4, -0.2) is 42.5 Å². The second-order valence-electron chi connectivity index (χ2n) is 4.81. The predicted octanol–water partition coefficient (Wildman–Crippen LogP) is 1.22. The zero-order chi connectivity index (χ0) is 12.6. The average Bonchev–Trinajstić information content (AvgIpc) is 2.74. The quantitative estimate of drug-likeness (QED) is 0.578. The Morgan fingerprint density at radius 1 is 1.33 bits per heavy atom. The summed E-state index contributed by atoms with van der Waals surface area (Å²) in [5.41, 5.74) is 0. The third-order valence-corrected chi connectivity index (χ3v) is 3.36. The molecule has 2 heterocycles. The minimum atomic E-state index is 0.538. The summed E-state index contributed by atoms with van der Waals surface area (Å²) in [6.07, 6.45) is 5.64. The minimum absolute atomic E-state index is 0.538. The molecule has 18 heavy (non-hydrogen) atoms. The Balaban J connectivity index is 1.60. The summed E-state index contributed by atoms with van der Waals surface area (Å²) < 4.78 is 2.11. The van der Waals surface area contributed by atoms with Crippen molar-refractivity contribution in [3.05, 3.63) is 12.3 Å². The normalized spacial score (nSPS) is 15.6. The molecule has 1 aliphatic rings. The van der Waals surface area contributed by atoms with Crippen LogP contribution in [0.4, 0.5) is 5.82 Å². The molecule has 5 nitrogen and oxygen atoms in total. The van der Waals surface area contributed by atoms with Crippen molar-refractivity contribution in [3.8, 4) is 0 Å². The molecular formula is C13H25N5. The van der Waals surface area contributed by atoms with Gasteiger partial charge in [-0.1, -0.05) is 13.3 Å². The second-order valence-corrected chi connectivity index (χ2v) is 4.81. The van der Waals surface area contributed by atoms with E-state index in [4.69, 9.17) is 0 Å². The van der Waals surface area contributed by atoms with E-state index in [1.54, 1.807) is 0 Å². The van der Waals surface area contributed by atoms with Gasteiger partial charge in [-0.25, -0.2) is 4.68 Å². The summed E-state index contributed by atoms with van der Waals surface area (Å²) in [4.78, 5) is 0. The smallest absolute Gasteiger partial charge is 0.124 e. The molecule has 0 spiro atoms. The van der Waals surface area contributed by atoms with Crippen molar-refractivity contribution in [2.24, 2.45) is 0 Å². The third kappa shape index (κ3) is 3.71. The third-order valence-electron chi connectivity index (χ3n) is 3.36. The van der Waals surface area contributed by atoms with E-state index in [2.05, 4.69) is 38.7 Å². The first kappa shape index (κ1) is 13.4. The molecule has 5 heteroatoms. The second kappa shape index (κ2) is 7.38. The molecule has 1 aromatic heterocycles. The van der Waals surface area contributed by atoms with Crippen LogP contribution in [0.1, 0.15) is 32.2 Å². The highest BCUT2D eigenvalue weighted by Gasteiger charge is 2.21. The molecule has 2 rings (SSSR count). The maximum atomic E-state index is 4.38. The zero-order valence-electron chi connectivity index (χ0n) is 11.3. The number of rotatable bonds is 9. The first-order chi connectivity index (χ1) is 8.92. The van der Waals surface area contributed by atoms with E-state index < -0.39 is 0 Å². The molecule has 1 fully saturated rings. The Morgan fingerprint density at radius 3 is 2.89 bits per heavy atom. The molecule has 0 aliphatic carbocycles. The number of unbranched alkanes of at least 4 members (excludes halogenated alkanes) is 2. The Labute approximate surface area is 109 Å². The molecular weight excluding hydrogens is 226 g/mol. The largest absolute Gasteiger partial charge is 0.370 e. The van der Waals surface area contributed by atoms with Crippen molar-refractivity contribution in [3.63, 3.8) is 0 Å². The van der Waals surface area contributed by atoms with Crippen LogP contribution in [0.25, 0.3) is 0 Å². The lowest BCUT2D eigenvalue weighted by molar-refractivity contribution is 0.321. The van der Waals surface area contributed by atoms with Gasteiger partial charge >= 0.3 is 0 Å². The Kier molecular flexibility index (Phi) is 5.48. The van der Waals surface area contributed by atoms with Crippen molar-refractivity contribution in [2.45, 2.75) is 32.2 Å². The van der Waals surface area contributed by atoms with Crippen LogP contribution in [0.2, 0.25) is 0 Å². The van der Waals surface area contributed by atoms with Gasteiger partial charge < -0.3 is 16.0 Å². The summed E-state index contributed by atoms with van der Waals surface area (Å²) in [5, 5.41) is 14.5. The lowest BCUT2D eigenvalue weighted by Gasteiger charge is -2.28. The molecule has 1 aliphatic heterocycles. The van der Waals surface area contributed by atoms with Gasteiger partial charge in [0.1, 0.15) is 5.82 Å². The maximum Gasteiger partial charge on any atom is 0.124 e. The summed E-state index contributed by atoms with van der Waals surface area (Å²) in [5.74, 6) is 1.16. The van der Waals surface area contributed by atoms with Gasteiger partial charge in [-0.2, -0.15) is 5.10 Å². The van der Waals surface area contributed by atoms with E-state index in [1.807, 2.05) is 6.20 Å². The highest BCUT2D eigenvalue weighted by molar-refractivity contribution is 5.34. The lowest BCUT2D eigenvalue weighted by atomic mass is 10.2. The molecule has 1 aromatic rings. The summed E-state index contributed by atoms with van der Waals surface area (Å²) >= 11 is 0. The molecule has 0 radical (unpaired) electrons. The van der Waals surface area contributed by atoms with Gasteiger partial charge in [0.2, 0.25) is 0 Å². The highest BCUT2D eigenvalue weighted by atomic mass is 15.4. The number of nitrogens with one attached hydrogen (secondary N) is 3. The van der Waals surface area contributed by atoms with Crippen molar-refractivity contribution in [2.75, 3.05) is 38.0 Å². The average molecular weight is 251 g/mol. The lowest BCUT2D eigenvalue weighted by Crippen LogP contribution is -2.44. The number of nitrogens with zero attached hydrogens (tertiary/aromatic N) is 2. The van der Waals surface area contributed by atoms with Crippen LogP contribution in [0.15, 0.2) is 12.3 Å². The summed E-state index contributed by atoms with van der Waals surface area (Å²) in [7, 11) is 0.